The number of aromatic nitrogens is 3. The summed E-state index contributed by atoms with van der Waals surface area (Å²) in [6.45, 7) is 0. The van der Waals surface area contributed by atoms with Crippen molar-refractivity contribution >= 4 is 65.4 Å². The highest BCUT2D eigenvalue weighted by Crippen LogP contribution is 2.39. The van der Waals surface area contributed by atoms with E-state index < -0.39 is 0 Å². The lowest BCUT2D eigenvalue weighted by Gasteiger charge is -2.15. The molecule has 0 bridgehead atoms. The fourth-order valence-corrected chi connectivity index (χ4v) is 8.75. The summed E-state index contributed by atoms with van der Waals surface area (Å²) in [5.74, 6) is 0. The molecule has 3 aromatic heterocycles. The van der Waals surface area contributed by atoms with Crippen molar-refractivity contribution in [3.8, 4) is 40.3 Å². The van der Waals surface area contributed by atoms with E-state index in [2.05, 4.69) is 165 Å². The van der Waals surface area contributed by atoms with Crippen LogP contribution in [-0.2, 0) is 0 Å². The summed E-state index contributed by atoms with van der Waals surface area (Å²) in [6.07, 6.45) is 0. The molecule has 5 heteroatoms. The highest BCUT2D eigenvalue weighted by molar-refractivity contribution is 6.13. The zero-order chi connectivity index (χ0) is 36.6. The molecule has 0 spiro atoms. The Morgan fingerprint density at radius 2 is 0.836 bits per heavy atom. The van der Waals surface area contributed by atoms with Gasteiger partial charge < -0.3 is 13.7 Å². The highest BCUT2D eigenvalue weighted by Gasteiger charge is 2.20. The van der Waals surface area contributed by atoms with Crippen molar-refractivity contribution in [1.82, 2.24) is 13.7 Å². The summed E-state index contributed by atoms with van der Waals surface area (Å²) in [5.41, 5.74) is 12.4. The maximum absolute atomic E-state index is 10.6. The van der Waals surface area contributed by atoms with E-state index in [1.54, 1.807) is 0 Å². The lowest BCUT2D eigenvalue weighted by molar-refractivity contribution is 1.15. The SMILES string of the molecule is N#Cc1ccc(-c2cccc(-n3c4ccccc4c4cccc(C#N)c43)c2)cc1-n1c2ccccc2c2ccc(-n3c4ccccc4c4ccccc43)cc21. The average Bonchev–Trinajstić information content (AvgIpc) is 3.89. The molecule has 8 aromatic carbocycles. The Morgan fingerprint density at radius 1 is 0.327 bits per heavy atom. The van der Waals surface area contributed by atoms with Gasteiger partial charge in [-0.1, -0.05) is 109 Å². The minimum atomic E-state index is 0.589. The lowest BCUT2D eigenvalue weighted by Crippen LogP contribution is -2.00. The standard InChI is InChI=1S/C50H29N5/c51-30-34-24-23-33(32-11-9-13-36(27-32)54-46-21-7-4-17-41(46)43-18-10-12-35(31-52)50(43)54)28-48(34)55-47-22-8-3-16-40(47)42-26-25-37(29-49(42)55)53-44-19-5-1-14-38(44)39-15-2-6-20-45(39)53/h1-29H. The second-order valence-electron chi connectivity index (χ2n) is 14.0. The van der Waals surface area contributed by atoms with E-state index in [9.17, 15) is 10.5 Å². The lowest BCUT2D eigenvalue weighted by atomic mass is 10.0. The van der Waals surface area contributed by atoms with Gasteiger partial charge in [-0.15, -0.1) is 0 Å². The van der Waals surface area contributed by atoms with Gasteiger partial charge in [-0.25, -0.2) is 0 Å². The zero-order valence-electron chi connectivity index (χ0n) is 29.5. The van der Waals surface area contributed by atoms with Gasteiger partial charge in [0.15, 0.2) is 0 Å². The Labute approximate surface area is 316 Å². The third-order valence-electron chi connectivity index (χ3n) is 11.1. The first-order chi connectivity index (χ1) is 27.2. The van der Waals surface area contributed by atoms with E-state index in [4.69, 9.17) is 0 Å². The number of nitriles is 2. The molecule has 254 valence electrons. The van der Waals surface area contributed by atoms with Crippen molar-refractivity contribution < 1.29 is 0 Å². The number of nitrogens with zero attached hydrogens (tertiary/aromatic N) is 5. The Bertz CT molecular complexity index is 3420. The molecule has 0 radical (unpaired) electrons. The molecule has 5 nitrogen and oxygen atoms in total. The van der Waals surface area contributed by atoms with Crippen LogP contribution in [0.5, 0.6) is 0 Å². The summed E-state index contributed by atoms with van der Waals surface area (Å²) >= 11 is 0. The first kappa shape index (κ1) is 30.7. The largest absolute Gasteiger partial charge is 0.309 e. The van der Waals surface area contributed by atoms with Gasteiger partial charge >= 0.3 is 0 Å². The Hall–Kier alpha value is -7.86. The second kappa shape index (κ2) is 11.8. The van der Waals surface area contributed by atoms with Gasteiger partial charge in [0.1, 0.15) is 12.1 Å². The predicted octanol–water partition coefficient (Wildman–Crippen LogP) is 12.4. The van der Waals surface area contributed by atoms with Crippen LogP contribution >= 0.6 is 0 Å². The molecule has 0 aliphatic rings. The number of hydrogen-bond acceptors (Lipinski definition) is 2. The van der Waals surface area contributed by atoms with Crippen molar-refractivity contribution in [1.29, 1.82) is 10.5 Å². The minimum absolute atomic E-state index is 0.589. The zero-order valence-corrected chi connectivity index (χ0v) is 29.5. The van der Waals surface area contributed by atoms with Crippen LogP contribution in [0.1, 0.15) is 11.1 Å². The van der Waals surface area contributed by atoms with Gasteiger partial charge in [-0.3, -0.25) is 0 Å². The van der Waals surface area contributed by atoms with E-state index in [0.29, 0.717) is 11.1 Å². The summed E-state index contributed by atoms with van der Waals surface area (Å²) in [7, 11) is 0. The Morgan fingerprint density at radius 3 is 1.49 bits per heavy atom. The first-order valence-electron chi connectivity index (χ1n) is 18.3. The Kier molecular flexibility index (Phi) is 6.61. The van der Waals surface area contributed by atoms with E-state index in [1.165, 1.54) is 10.8 Å². The molecule has 0 amide bonds. The summed E-state index contributed by atoms with van der Waals surface area (Å²) in [5, 5.41) is 27.6. The molecule has 0 saturated carbocycles. The van der Waals surface area contributed by atoms with Crippen LogP contribution in [0.4, 0.5) is 0 Å². The average molecular weight is 700 g/mol. The van der Waals surface area contributed by atoms with Crippen LogP contribution in [0, 0.1) is 22.7 Å². The molecule has 0 aliphatic carbocycles. The van der Waals surface area contributed by atoms with Crippen LogP contribution in [0.15, 0.2) is 176 Å². The third-order valence-corrected chi connectivity index (χ3v) is 11.1. The molecule has 0 atom stereocenters. The van der Waals surface area contributed by atoms with E-state index >= 15 is 0 Å². The number of para-hydroxylation sites is 5. The van der Waals surface area contributed by atoms with Crippen molar-refractivity contribution in [2.45, 2.75) is 0 Å². The fraction of sp³-hybridized carbons (Fsp3) is 0. The minimum Gasteiger partial charge on any atom is -0.309 e. The van der Waals surface area contributed by atoms with Gasteiger partial charge in [-0.2, -0.15) is 10.5 Å². The number of fused-ring (bicyclic) bond motifs is 9. The van der Waals surface area contributed by atoms with Crippen LogP contribution < -0.4 is 0 Å². The van der Waals surface area contributed by atoms with E-state index in [1.807, 2.05) is 36.4 Å². The van der Waals surface area contributed by atoms with Gasteiger partial charge in [0, 0.05) is 43.7 Å². The van der Waals surface area contributed by atoms with Crippen molar-refractivity contribution in [2.24, 2.45) is 0 Å². The van der Waals surface area contributed by atoms with Crippen molar-refractivity contribution in [3.05, 3.63) is 187 Å². The number of benzene rings is 8. The smallest absolute Gasteiger partial charge is 0.101 e. The fourth-order valence-electron chi connectivity index (χ4n) is 8.75. The summed E-state index contributed by atoms with van der Waals surface area (Å²) in [4.78, 5) is 0. The van der Waals surface area contributed by atoms with E-state index in [0.717, 1.165) is 82.8 Å². The maximum atomic E-state index is 10.6. The topological polar surface area (TPSA) is 62.4 Å². The molecule has 0 unspecified atom stereocenters. The van der Waals surface area contributed by atoms with Crippen LogP contribution in [0.2, 0.25) is 0 Å². The maximum Gasteiger partial charge on any atom is 0.101 e. The first-order valence-corrected chi connectivity index (χ1v) is 18.3. The van der Waals surface area contributed by atoms with Gasteiger partial charge in [0.2, 0.25) is 0 Å². The highest BCUT2D eigenvalue weighted by atomic mass is 15.0. The van der Waals surface area contributed by atoms with E-state index in [-0.39, 0.29) is 0 Å². The molecule has 0 N–H and O–H groups in total. The third kappa shape index (κ3) is 4.45. The summed E-state index contributed by atoms with van der Waals surface area (Å²) in [6, 6.07) is 66.0. The molecule has 0 aliphatic heterocycles. The molecule has 3 heterocycles. The molecule has 0 fully saturated rings. The van der Waals surface area contributed by atoms with Crippen LogP contribution in [0.25, 0.3) is 93.6 Å². The molecular weight excluding hydrogens is 671 g/mol. The Balaban J connectivity index is 1.14. The van der Waals surface area contributed by atoms with Crippen LogP contribution in [-0.4, -0.2) is 13.7 Å². The predicted molar refractivity (Wildman–Crippen MR) is 224 cm³/mol. The van der Waals surface area contributed by atoms with Crippen molar-refractivity contribution in [3.63, 3.8) is 0 Å². The van der Waals surface area contributed by atoms with Gasteiger partial charge in [0.25, 0.3) is 0 Å². The molecule has 11 aromatic rings. The van der Waals surface area contributed by atoms with Gasteiger partial charge in [-0.05, 0) is 77.9 Å². The van der Waals surface area contributed by atoms with Crippen LogP contribution in [0.3, 0.4) is 0 Å². The normalized spacial score (nSPS) is 11.6. The molecular formula is C50H29N5. The quantitative estimate of drug-likeness (QED) is 0.184. The summed E-state index contributed by atoms with van der Waals surface area (Å²) < 4.78 is 6.78. The molecule has 55 heavy (non-hydrogen) atoms. The van der Waals surface area contributed by atoms with Gasteiger partial charge in [0.05, 0.1) is 49.9 Å². The monoisotopic (exact) mass is 699 g/mol. The molecule has 11 rings (SSSR count). The number of hydrogen-bond donors (Lipinski definition) is 0. The second-order valence-corrected chi connectivity index (χ2v) is 14.0. The van der Waals surface area contributed by atoms with Crippen molar-refractivity contribution in [2.75, 3.05) is 0 Å². The molecule has 0 saturated heterocycles. The number of rotatable bonds is 4.